The van der Waals surface area contributed by atoms with Crippen molar-refractivity contribution >= 4 is 5.91 Å². The van der Waals surface area contributed by atoms with Crippen LogP contribution in [0.3, 0.4) is 0 Å². The van der Waals surface area contributed by atoms with E-state index in [2.05, 4.69) is 29.4 Å². The largest absolute Gasteiger partial charge is 0.355 e. The lowest BCUT2D eigenvalue weighted by molar-refractivity contribution is -0.127. The van der Waals surface area contributed by atoms with Crippen molar-refractivity contribution in [2.75, 3.05) is 26.2 Å². The van der Waals surface area contributed by atoms with Crippen molar-refractivity contribution in [1.82, 2.24) is 15.5 Å². The Morgan fingerprint density at radius 3 is 2.59 bits per heavy atom. The van der Waals surface area contributed by atoms with Crippen LogP contribution >= 0.6 is 0 Å². The van der Waals surface area contributed by atoms with Crippen LogP contribution in [-0.2, 0) is 4.79 Å². The van der Waals surface area contributed by atoms with Crippen molar-refractivity contribution < 1.29 is 4.79 Å². The van der Waals surface area contributed by atoms with Gasteiger partial charge in [-0.05, 0) is 26.3 Å². The van der Waals surface area contributed by atoms with E-state index in [0.717, 1.165) is 45.4 Å². The van der Waals surface area contributed by atoms with Gasteiger partial charge >= 0.3 is 0 Å². The van der Waals surface area contributed by atoms with Gasteiger partial charge in [0.25, 0.3) is 0 Å². The molecule has 0 aromatic rings. The van der Waals surface area contributed by atoms with Gasteiger partial charge in [0.05, 0.1) is 6.04 Å². The monoisotopic (exact) mass is 241 g/mol. The molecule has 4 nitrogen and oxygen atoms in total. The Bertz CT molecular complexity index is 229. The van der Waals surface area contributed by atoms with Crippen LogP contribution in [0.15, 0.2) is 0 Å². The number of hydrogen-bond donors (Lipinski definition) is 2. The predicted molar refractivity (Wildman–Crippen MR) is 71.0 cm³/mol. The zero-order chi connectivity index (χ0) is 12.7. The first kappa shape index (κ1) is 14.5. The molecular weight excluding hydrogens is 214 g/mol. The molecule has 1 saturated heterocycles. The van der Waals surface area contributed by atoms with Gasteiger partial charge in [-0.3, -0.25) is 9.69 Å². The van der Waals surface area contributed by atoms with Gasteiger partial charge in [0.15, 0.2) is 0 Å². The summed E-state index contributed by atoms with van der Waals surface area (Å²) in [5.41, 5.74) is 0. The Hall–Kier alpha value is -0.610. The first-order chi connectivity index (χ1) is 8.20. The number of nitrogens with one attached hydrogen (secondary N) is 2. The van der Waals surface area contributed by atoms with Crippen LogP contribution < -0.4 is 10.6 Å². The summed E-state index contributed by atoms with van der Waals surface area (Å²) in [5.74, 6) is 0.179. The lowest BCUT2D eigenvalue weighted by Crippen LogP contribution is -2.62. The summed E-state index contributed by atoms with van der Waals surface area (Å²) in [4.78, 5) is 14.3. The lowest BCUT2D eigenvalue weighted by Gasteiger charge is -2.41. The van der Waals surface area contributed by atoms with Crippen LogP contribution in [0, 0.1) is 0 Å². The molecule has 1 aliphatic heterocycles. The van der Waals surface area contributed by atoms with E-state index in [1.165, 1.54) is 0 Å². The van der Waals surface area contributed by atoms with Gasteiger partial charge in [0.1, 0.15) is 0 Å². The van der Waals surface area contributed by atoms with Gasteiger partial charge in [-0.25, -0.2) is 0 Å². The molecule has 1 heterocycles. The molecule has 0 bridgehead atoms. The van der Waals surface area contributed by atoms with E-state index < -0.39 is 0 Å². The van der Waals surface area contributed by atoms with Crippen molar-refractivity contribution in [3.63, 3.8) is 0 Å². The topological polar surface area (TPSA) is 44.4 Å². The van der Waals surface area contributed by atoms with Crippen LogP contribution in [0.2, 0.25) is 0 Å². The number of rotatable bonds is 8. The normalized spacial score (nSPS) is 17.9. The van der Waals surface area contributed by atoms with E-state index in [9.17, 15) is 4.79 Å². The Morgan fingerprint density at radius 2 is 2.12 bits per heavy atom. The van der Waals surface area contributed by atoms with Gasteiger partial charge in [-0.1, -0.05) is 20.3 Å². The second-order valence-corrected chi connectivity index (χ2v) is 4.87. The van der Waals surface area contributed by atoms with E-state index in [0.29, 0.717) is 6.04 Å². The standard InChI is InChI=1S/C13H27N3O/c1-4-6-7-15-13(17)11(3)16(8-5-2)12-9-14-10-12/h11-12,14H,4-10H2,1-3H3,(H,15,17). The summed E-state index contributed by atoms with van der Waals surface area (Å²) in [6.07, 6.45) is 3.29. The van der Waals surface area contributed by atoms with Crippen molar-refractivity contribution in [3.05, 3.63) is 0 Å². The third kappa shape index (κ3) is 4.28. The van der Waals surface area contributed by atoms with Crippen LogP contribution in [0.4, 0.5) is 0 Å². The molecule has 1 amide bonds. The van der Waals surface area contributed by atoms with E-state index in [1.807, 2.05) is 6.92 Å². The molecule has 1 atom stereocenters. The van der Waals surface area contributed by atoms with E-state index in [4.69, 9.17) is 0 Å². The second-order valence-electron chi connectivity index (χ2n) is 4.87. The summed E-state index contributed by atoms with van der Waals surface area (Å²) < 4.78 is 0. The first-order valence-electron chi connectivity index (χ1n) is 6.94. The van der Waals surface area contributed by atoms with Crippen LogP contribution in [0.1, 0.15) is 40.0 Å². The molecule has 0 saturated carbocycles. The molecule has 1 unspecified atom stereocenters. The quantitative estimate of drug-likeness (QED) is 0.623. The van der Waals surface area contributed by atoms with E-state index in [-0.39, 0.29) is 11.9 Å². The molecule has 1 fully saturated rings. The minimum Gasteiger partial charge on any atom is -0.355 e. The fraction of sp³-hybridized carbons (Fsp3) is 0.923. The minimum absolute atomic E-state index is 0.00101. The highest BCUT2D eigenvalue weighted by atomic mass is 16.2. The summed E-state index contributed by atoms with van der Waals surface area (Å²) in [6.45, 7) is 10.2. The Morgan fingerprint density at radius 1 is 1.41 bits per heavy atom. The molecule has 100 valence electrons. The molecule has 1 rings (SSSR count). The molecule has 1 aliphatic rings. The molecule has 4 heteroatoms. The lowest BCUT2D eigenvalue weighted by atomic mass is 10.1. The summed E-state index contributed by atoms with van der Waals surface area (Å²) >= 11 is 0. The van der Waals surface area contributed by atoms with Crippen molar-refractivity contribution in [2.24, 2.45) is 0 Å². The SMILES string of the molecule is CCCCNC(=O)C(C)N(CCC)C1CNC1. The number of nitrogens with zero attached hydrogens (tertiary/aromatic N) is 1. The number of carbonyl (C=O) groups excluding carboxylic acids is 1. The maximum Gasteiger partial charge on any atom is 0.237 e. The number of amides is 1. The maximum absolute atomic E-state index is 12.0. The van der Waals surface area contributed by atoms with Crippen molar-refractivity contribution in [2.45, 2.75) is 52.1 Å². The molecule has 2 N–H and O–H groups in total. The van der Waals surface area contributed by atoms with Crippen LogP contribution in [0.25, 0.3) is 0 Å². The van der Waals surface area contributed by atoms with E-state index >= 15 is 0 Å². The maximum atomic E-state index is 12.0. The minimum atomic E-state index is -0.00101. The highest BCUT2D eigenvalue weighted by Crippen LogP contribution is 2.11. The van der Waals surface area contributed by atoms with Gasteiger partial charge in [0, 0.05) is 25.7 Å². The molecular formula is C13H27N3O. The summed E-state index contributed by atoms with van der Waals surface area (Å²) in [7, 11) is 0. The van der Waals surface area contributed by atoms with Gasteiger partial charge < -0.3 is 10.6 Å². The Balaban J connectivity index is 2.39. The fourth-order valence-electron chi connectivity index (χ4n) is 2.15. The fourth-order valence-corrected chi connectivity index (χ4v) is 2.15. The third-order valence-electron chi connectivity index (χ3n) is 3.42. The summed E-state index contributed by atoms with van der Waals surface area (Å²) in [5, 5.41) is 6.30. The molecule has 17 heavy (non-hydrogen) atoms. The van der Waals surface area contributed by atoms with Gasteiger partial charge in [-0.2, -0.15) is 0 Å². The summed E-state index contributed by atoms with van der Waals surface area (Å²) in [6, 6.07) is 0.542. The van der Waals surface area contributed by atoms with Gasteiger partial charge in [0.2, 0.25) is 5.91 Å². The van der Waals surface area contributed by atoms with Gasteiger partial charge in [-0.15, -0.1) is 0 Å². The molecule has 0 aromatic heterocycles. The van der Waals surface area contributed by atoms with E-state index in [1.54, 1.807) is 0 Å². The average molecular weight is 241 g/mol. The zero-order valence-corrected chi connectivity index (χ0v) is 11.5. The molecule has 0 radical (unpaired) electrons. The van der Waals surface area contributed by atoms with Crippen molar-refractivity contribution in [3.8, 4) is 0 Å². The molecule has 0 aliphatic carbocycles. The first-order valence-corrected chi connectivity index (χ1v) is 6.94. The smallest absolute Gasteiger partial charge is 0.237 e. The Kier molecular flexibility index (Phi) is 6.52. The Labute approximate surface area is 105 Å². The molecule has 0 spiro atoms. The van der Waals surface area contributed by atoms with Crippen LogP contribution in [0.5, 0.6) is 0 Å². The van der Waals surface area contributed by atoms with Crippen LogP contribution in [-0.4, -0.2) is 49.1 Å². The highest BCUT2D eigenvalue weighted by molar-refractivity contribution is 5.81. The highest BCUT2D eigenvalue weighted by Gasteiger charge is 2.30. The molecule has 0 aromatic carbocycles. The number of carbonyl (C=O) groups is 1. The zero-order valence-electron chi connectivity index (χ0n) is 11.5. The third-order valence-corrected chi connectivity index (χ3v) is 3.42. The number of hydrogen-bond acceptors (Lipinski definition) is 3. The average Bonchev–Trinajstić information content (AvgIpc) is 2.25. The van der Waals surface area contributed by atoms with Crippen molar-refractivity contribution in [1.29, 1.82) is 0 Å². The number of unbranched alkanes of at least 4 members (excludes halogenated alkanes) is 1. The second kappa shape index (κ2) is 7.67. The predicted octanol–water partition coefficient (Wildman–Crippen LogP) is 0.975.